The maximum Gasteiger partial charge on any atom is 0.0254 e. The number of rotatable bonds is 6. The second-order valence-corrected chi connectivity index (χ2v) is 4.14. The van der Waals surface area contributed by atoms with Gasteiger partial charge in [-0.2, -0.15) is 0 Å². The Hall–Kier alpha value is -0.0800. The van der Waals surface area contributed by atoms with Gasteiger partial charge < -0.3 is 10.6 Å². The van der Waals surface area contributed by atoms with Crippen molar-refractivity contribution in [2.24, 2.45) is 5.73 Å². The van der Waals surface area contributed by atoms with Crippen LogP contribution >= 0.6 is 0 Å². The Balaban J connectivity index is 3.70. The highest BCUT2D eigenvalue weighted by Gasteiger charge is 2.18. The maximum absolute atomic E-state index is 6.12. The van der Waals surface area contributed by atoms with E-state index in [-0.39, 0.29) is 5.54 Å². The molecule has 2 N–H and O–H groups in total. The quantitative estimate of drug-likeness (QED) is 0.662. The lowest BCUT2D eigenvalue weighted by atomic mass is 9.97. The number of likely N-dealkylation sites (N-methyl/N-ethyl adjacent to an activating group) is 1. The zero-order valence-electron chi connectivity index (χ0n) is 9.06. The Morgan fingerprint density at radius 2 is 1.83 bits per heavy atom. The van der Waals surface area contributed by atoms with Crippen LogP contribution in [0.1, 0.15) is 40.0 Å². The minimum absolute atomic E-state index is 0.00132. The van der Waals surface area contributed by atoms with Gasteiger partial charge in [0.2, 0.25) is 0 Å². The number of hydrogen-bond acceptors (Lipinski definition) is 2. The van der Waals surface area contributed by atoms with Crippen molar-refractivity contribution in [2.45, 2.75) is 45.6 Å². The van der Waals surface area contributed by atoms with Gasteiger partial charge in [0.15, 0.2) is 0 Å². The summed E-state index contributed by atoms with van der Waals surface area (Å²) in [6, 6.07) is 0. The molecular formula is C10H24N2. The topological polar surface area (TPSA) is 29.3 Å². The lowest BCUT2D eigenvalue weighted by Gasteiger charge is -2.29. The SMILES string of the molecule is CCCN(C)CC(C)(N)CCC. The number of hydrogen-bond donors (Lipinski definition) is 1. The molecule has 12 heavy (non-hydrogen) atoms. The van der Waals surface area contributed by atoms with Gasteiger partial charge in [0.05, 0.1) is 0 Å². The summed E-state index contributed by atoms with van der Waals surface area (Å²) < 4.78 is 0. The summed E-state index contributed by atoms with van der Waals surface area (Å²) >= 11 is 0. The largest absolute Gasteiger partial charge is 0.324 e. The minimum atomic E-state index is -0.00132. The van der Waals surface area contributed by atoms with Crippen molar-refractivity contribution in [3.05, 3.63) is 0 Å². The van der Waals surface area contributed by atoms with Crippen LogP contribution in [0.15, 0.2) is 0 Å². The molecule has 0 radical (unpaired) electrons. The molecule has 0 rings (SSSR count). The van der Waals surface area contributed by atoms with E-state index >= 15 is 0 Å². The fourth-order valence-corrected chi connectivity index (χ4v) is 1.73. The van der Waals surface area contributed by atoms with Gasteiger partial charge in [-0.1, -0.05) is 20.3 Å². The van der Waals surface area contributed by atoms with Gasteiger partial charge in [-0.05, 0) is 33.4 Å². The van der Waals surface area contributed by atoms with Crippen LogP contribution in [0.4, 0.5) is 0 Å². The molecule has 1 unspecified atom stereocenters. The Labute approximate surface area is 77.1 Å². The molecule has 0 spiro atoms. The van der Waals surface area contributed by atoms with E-state index in [4.69, 9.17) is 5.73 Å². The molecule has 0 fully saturated rings. The summed E-state index contributed by atoms with van der Waals surface area (Å²) in [6.45, 7) is 8.68. The van der Waals surface area contributed by atoms with Gasteiger partial charge in [0, 0.05) is 12.1 Å². The molecule has 0 amide bonds. The minimum Gasteiger partial charge on any atom is -0.324 e. The summed E-state index contributed by atoms with van der Waals surface area (Å²) in [5, 5.41) is 0. The van der Waals surface area contributed by atoms with E-state index < -0.39 is 0 Å². The molecule has 0 aliphatic carbocycles. The molecule has 0 saturated heterocycles. The predicted octanol–water partition coefficient (Wildman–Crippen LogP) is 1.85. The molecule has 0 aliphatic rings. The van der Waals surface area contributed by atoms with E-state index in [1.165, 1.54) is 12.8 Å². The van der Waals surface area contributed by atoms with Crippen molar-refractivity contribution in [1.82, 2.24) is 4.90 Å². The average molecular weight is 172 g/mol. The van der Waals surface area contributed by atoms with Crippen LogP contribution in [0.2, 0.25) is 0 Å². The van der Waals surface area contributed by atoms with E-state index in [0.29, 0.717) is 0 Å². The van der Waals surface area contributed by atoms with Crippen molar-refractivity contribution in [1.29, 1.82) is 0 Å². The second-order valence-electron chi connectivity index (χ2n) is 4.14. The van der Waals surface area contributed by atoms with Crippen molar-refractivity contribution >= 4 is 0 Å². The van der Waals surface area contributed by atoms with E-state index in [0.717, 1.165) is 19.5 Å². The molecule has 0 aliphatic heterocycles. The van der Waals surface area contributed by atoms with Crippen LogP contribution < -0.4 is 5.73 Å². The molecule has 0 heterocycles. The molecule has 0 aromatic carbocycles. The van der Waals surface area contributed by atoms with Crippen molar-refractivity contribution in [2.75, 3.05) is 20.1 Å². The van der Waals surface area contributed by atoms with E-state index in [1.54, 1.807) is 0 Å². The maximum atomic E-state index is 6.12. The summed E-state index contributed by atoms with van der Waals surface area (Å²) in [4.78, 5) is 2.32. The zero-order valence-corrected chi connectivity index (χ0v) is 9.06. The van der Waals surface area contributed by atoms with Crippen LogP contribution in [0.3, 0.4) is 0 Å². The van der Waals surface area contributed by atoms with Crippen LogP contribution in [0, 0.1) is 0 Å². The lowest BCUT2D eigenvalue weighted by Crippen LogP contribution is -2.46. The fraction of sp³-hybridized carbons (Fsp3) is 1.00. The van der Waals surface area contributed by atoms with Crippen molar-refractivity contribution in [3.8, 4) is 0 Å². The first-order chi connectivity index (χ1) is 5.52. The first-order valence-corrected chi connectivity index (χ1v) is 4.99. The summed E-state index contributed by atoms with van der Waals surface area (Å²) in [5.41, 5.74) is 6.12. The Kier molecular flexibility index (Phi) is 5.51. The van der Waals surface area contributed by atoms with Gasteiger partial charge in [-0.15, -0.1) is 0 Å². The summed E-state index contributed by atoms with van der Waals surface area (Å²) in [6.07, 6.45) is 3.49. The molecule has 74 valence electrons. The highest BCUT2D eigenvalue weighted by molar-refractivity contribution is 4.80. The molecule has 2 nitrogen and oxygen atoms in total. The first kappa shape index (κ1) is 11.9. The van der Waals surface area contributed by atoms with Crippen LogP contribution in [0.5, 0.6) is 0 Å². The Morgan fingerprint density at radius 3 is 2.25 bits per heavy atom. The Bertz CT molecular complexity index is 110. The molecule has 1 atom stereocenters. The Morgan fingerprint density at radius 1 is 1.25 bits per heavy atom. The third kappa shape index (κ3) is 5.56. The highest BCUT2D eigenvalue weighted by Crippen LogP contribution is 2.09. The fourth-order valence-electron chi connectivity index (χ4n) is 1.73. The third-order valence-corrected chi connectivity index (χ3v) is 2.06. The van der Waals surface area contributed by atoms with Crippen LogP contribution in [-0.4, -0.2) is 30.6 Å². The number of nitrogens with two attached hydrogens (primary N) is 1. The molecule has 2 heteroatoms. The van der Waals surface area contributed by atoms with Gasteiger partial charge in [-0.3, -0.25) is 0 Å². The van der Waals surface area contributed by atoms with E-state index in [9.17, 15) is 0 Å². The summed E-state index contributed by atoms with van der Waals surface area (Å²) in [7, 11) is 2.14. The smallest absolute Gasteiger partial charge is 0.0254 e. The van der Waals surface area contributed by atoms with E-state index in [2.05, 4.69) is 32.7 Å². The second kappa shape index (κ2) is 5.55. The molecule has 0 aromatic rings. The monoisotopic (exact) mass is 172 g/mol. The van der Waals surface area contributed by atoms with Crippen LogP contribution in [-0.2, 0) is 0 Å². The van der Waals surface area contributed by atoms with Gasteiger partial charge in [-0.25, -0.2) is 0 Å². The van der Waals surface area contributed by atoms with Gasteiger partial charge >= 0.3 is 0 Å². The standard InChI is InChI=1S/C10H24N2/c1-5-7-10(3,11)9-12(4)8-6-2/h5-9,11H2,1-4H3. The van der Waals surface area contributed by atoms with Gasteiger partial charge in [0.1, 0.15) is 0 Å². The number of nitrogens with zero attached hydrogens (tertiary/aromatic N) is 1. The lowest BCUT2D eigenvalue weighted by molar-refractivity contribution is 0.247. The van der Waals surface area contributed by atoms with Crippen molar-refractivity contribution < 1.29 is 0 Å². The molecular weight excluding hydrogens is 148 g/mol. The summed E-state index contributed by atoms with van der Waals surface area (Å²) in [5.74, 6) is 0. The third-order valence-electron chi connectivity index (χ3n) is 2.06. The van der Waals surface area contributed by atoms with Crippen LogP contribution in [0.25, 0.3) is 0 Å². The van der Waals surface area contributed by atoms with Gasteiger partial charge in [0.25, 0.3) is 0 Å². The first-order valence-electron chi connectivity index (χ1n) is 4.99. The molecule has 0 aromatic heterocycles. The normalized spacial score (nSPS) is 16.5. The predicted molar refractivity (Wildman–Crippen MR) is 55.3 cm³/mol. The van der Waals surface area contributed by atoms with Crippen molar-refractivity contribution in [3.63, 3.8) is 0 Å². The molecule has 0 bridgehead atoms. The zero-order chi connectivity index (χ0) is 9.61. The highest BCUT2D eigenvalue weighted by atomic mass is 15.1. The average Bonchev–Trinajstić information content (AvgIpc) is 1.85. The van der Waals surface area contributed by atoms with E-state index in [1.807, 2.05) is 0 Å². The molecule has 0 saturated carbocycles.